The first-order valence-electron chi connectivity index (χ1n) is 6.46. The molecular weight excluding hydrogens is 285 g/mol. The molecule has 0 saturated heterocycles. The fraction of sp³-hybridized carbons (Fsp3) is 0.429. The molecule has 1 aromatic carbocycles. The largest absolute Gasteiger partial charge is 0.481 e. The molecule has 2 rings (SSSR count). The monoisotopic (exact) mass is 299 g/mol. The second-order valence-electron chi connectivity index (χ2n) is 4.99. The van der Waals surface area contributed by atoms with E-state index < -0.39 is 23.6 Å². The number of aliphatic carboxylic acids is 1. The predicted molar refractivity (Wildman–Crippen MR) is 73.1 cm³/mol. The van der Waals surface area contributed by atoms with Gasteiger partial charge in [0.1, 0.15) is 0 Å². The summed E-state index contributed by atoms with van der Waals surface area (Å²) in [5, 5.41) is 11.4. The molecule has 0 heterocycles. The maximum absolute atomic E-state index is 13.7. The lowest BCUT2D eigenvalue weighted by molar-refractivity contribution is -0.143. The number of rotatable bonds is 3. The summed E-state index contributed by atoms with van der Waals surface area (Å²) in [4.78, 5) is 23.1. The molecule has 1 aliphatic carbocycles. The Bertz CT molecular complexity index is 535. The molecule has 2 unspecified atom stereocenters. The molecule has 2 N–H and O–H groups in total. The van der Waals surface area contributed by atoms with Gasteiger partial charge in [-0.25, -0.2) is 4.39 Å². The van der Waals surface area contributed by atoms with E-state index in [0.29, 0.717) is 25.7 Å². The van der Waals surface area contributed by atoms with Crippen molar-refractivity contribution in [1.29, 1.82) is 0 Å². The highest BCUT2D eigenvalue weighted by molar-refractivity contribution is 6.31. The van der Waals surface area contributed by atoms with Crippen molar-refractivity contribution in [1.82, 2.24) is 0 Å². The molecule has 20 heavy (non-hydrogen) atoms. The van der Waals surface area contributed by atoms with Crippen LogP contribution < -0.4 is 5.32 Å². The van der Waals surface area contributed by atoms with E-state index in [9.17, 15) is 14.0 Å². The molecule has 108 valence electrons. The molecule has 1 aromatic rings. The smallest absolute Gasteiger partial charge is 0.306 e. The minimum Gasteiger partial charge on any atom is -0.481 e. The van der Waals surface area contributed by atoms with Crippen LogP contribution in [0.5, 0.6) is 0 Å². The van der Waals surface area contributed by atoms with E-state index in [1.54, 1.807) is 6.07 Å². The molecule has 0 radical (unpaired) electrons. The Labute approximate surface area is 120 Å². The van der Waals surface area contributed by atoms with Gasteiger partial charge in [-0.1, -0.05) is 24.1 Å². The van der Waals surface area contributed by atoms with Gasteiger partial charge in [0, 0.05) is 5.92 Å². The lowest BCUT2D eigenvalue weighted by Crippen LogP contribution is -2.31. The van der Waals surface area contributed by atoms with Gasteiger partial charge in [-0.05, 0) is 31.4 Å². The zero-order valence-corrected chi connectivity index (χ0v) is 11.5. The van der Waals surface area contributed by atoms with Crippen LogP contribution in [0.25, 0.3) is 0 Å². The number of carboxylic acid groups (broad SMARTS) is 1. The third kappa shape index (κ3) is 3.28. The average molecular weight is 300 g/mol. The van der Waals surface area contributed by atoms with Crippen molar-refractivity contribution in [2.24, 2.45) is 11.8 Å². The number of carboxylic acids is 1. The predicted octanol–water partition coefficient (Wildman–Crippen LogP) is 3.31. The fourth-order valence-corrected chi connectivity index (χ4v) is 2.66. The van der Waals surface area contributed by atoms with Gasteiger partial charge in [0.05, 0.1) is 16.6 Å². The quantitative estimate of drug-likeness (QED) is 0.900. The van der Waals surface area contributed by atoms with E-state index in [4.69, 9.17) is 16.7 Å². The van der Waals surface area contributed by atoms with Crippen molar-refractivity contribution < 1.29 is 19.1 Å². The number of carbonyl (C=O) groups is 2. The molecule has 0 bridgehead atoms. The second-order valence-corrected chi connectivity index (χ2v) is 5.40. The van der Waals surface area contributed by atoms with E-state index in [2.05, 4.69) is 5.32 Å². The van der Waals surface area contributed by atoms with Crippen LogP contribution in [-0.4, -0.2) is 17.0 Å². The Morgan fingerprint density at radius 1 is 1.30 bits per heavy atom. The summed E-state index contributed by atoms with van der Waals surface area (Å²) in [7, 11) is 0. The molecule has 2 atom stereocenters. The minimum atomic E-state index is -0.878. The highest BCUT2D eigenvalue weighted by Gasteiger charge is 2.31. The Morgan fingerprint density at radius 3 is 2.70 bits per heavy atom. The number of amides is 1. The third-order valence-electron chi connectivity index (χ3n) is 3.60. The van der Waals surface area contributed by atoms with Crippen LogP contribution in [0.15, 0.2) is 18.2 Å². The molecule has 6 heteroatoms. The zero-order chi connectivity index (χ0) is 14.7. The van der Waals surface area contributed by atoms with Gasteiger partial charge < -0.3 is 10.4 Å². The highest BCUT2D eigenvalue weighted by Crippen LogP contribution is 2.31. The van der Waals surface area contributed by atoms with Gasteiger partial charge in [-0.15, -0.1) is 0 Å². The summed E-state index contributed by atoms with van der Waals surface area (Å²) in [6.45, 7) is 0. The maximum atomic E-state index is 13.7. The Hall–Kier alpha value is -1.62. The van der Waals surface area contributed by atoms with Crippen molar-refractivity contribution in [3.63, 3.8) is 0 Å². The van der Waals surface area contributed by atoms with E-state index in [-0.39, 0.29) is 16.6 Å². The molecule has 0 spiro atoms. The number of hydrogen-bond acceptors (Lipinski definition) is 2. The first kappa shape index (κ1) is 14.8. The van der Waals surface area contributed by atoms with Crippen LogP contribution in [0.1, 0.15) is 25.7 Å². The van der Waals surface area contributed by atoms with Crippen LogP contribution in [0, 0.1) is 17.7 Å². The van der Waals surface area contributed by atoms with Crippen LogP contribution in [-0.2, 0) is 9.59 Å². The summed E-state index contributed by atoms with van der Waals surface area (Å²) in [6.07, 6.45) is 2.19. The molecule has 1 fully saturated rings. The molecule has 1 aliphatic rings. The van der Waals surface area contributed by atoms with Crippen LogP contribution >= 0.6 is 11.6 Å². The van der Waals surface area contributed by atoms with E-state index in [1.165, 1.54) is 12.1 Å². The van der Waals surface area contributed by atoms with Crippen molar-refractivity contribution in [3.05, 3.63) is 29.0 Å². The number of benzene rings is 1. The molecule has 1 saturated carbocycles. The van der Waals surface area contributed by atoms with Gasteiger partial charge in [0.2, 0.25) is 5.91 Å². The Morgan fingerprint density at radius 2 is 2.00 bits per heavy atom. The normalized spacial score (nSPS) is 22.3. The maximum Gasteiger partial charge on any atom is 0.306 e. The number of anilines is 1. The highest BCUT2D eigenvalue weighted by atomic mass is 35.5. The van der Waals surface area contributed by atoms with Crippen molar-refractivity contribution in [3.8, 4) is 0 Å². The number of hydrogen-bond donors (Lipinski definition) is 2. The number of carbonyl (C=O) groups excluding carboxylic acids is 1. The van der Waals surface area contributed by atoms with Gasteiger partial charge in [-0.2, -0.15) is 0 Å². The SMILES string of the molecule is O=C(O)C1CCCC(C(=O)Nc2cccc(Cl)c2F)C1. The molecule has 1 amide bonds. The van der Waals surface area contributed by atoms with Crippen molar-refractivity contribution >= 4 is 29.2 Å². The van der Waals surface area contributed by atoms with Crippen LogP contribution in [0.2, 0.25) is 5.02 Å². The van der Waals surface area contributed by atoms with E-state index >= 15 is 0 Å². The van der Waals surface area contributed by atoms with Crippen molar-refractivity contribution in [2.75, 3.05) is 5.32 Å². The fourth-order valence-electron chi connectivity index (χ4n) is 2.49. The summed E-state index contributed by atoms with van der Waals surface area (Å²) >= 11 is 5.64. The van der Waals surface area contributed by atoms with E-state index in [0.717, 1.165) is 0 Å². The van der Waals surface area contributed by atoms with Crippen LogP contribution in [0.4, 0.5) is 10.1 Å². The molecular formula is C14H15ClFNO3. The number of nitrogens with one attached hydrogen (secondary N) is 1. The Balaban J connectivity index is 2.04. The lowest BCUT2D eigenvalue weighted by Gasteiger charge is -2.25. The Kier molecular flexibility index (Phi) is 4.60. The summed E-state index contributed by atoms with van der Waals surface area (Å²) in [5.41, 5.74) is 0.0277. The summed E-state index contributed by atoms with van der Waals surface area (Å²) in [5.74, 6) is -2.80. The zero-order valence-electron chi connectivity index (χ0n) is 10.7. The lowest BCUT2D eigenvalue weighted by atomic mass is 9.81. The third-order valence-corrected chi connectivity index (χ3v) is 3.90. The van der Waals surface area contributed by atoms with Gasteiger partial charge in [-0.3, -0.25) is 9.59 Å². The first-order valence-corrected chi connectivity index (χ1v) is 6.84. The molecule has 0 aromatic heterocycles. The summed E-state index contributed by atoms with van der Waals surface area (Å²) < 4.78 is 13.7. The van der Waals surface area contributed by atoms with Crippen molar-refractivity contribution in [2.45, 2.75) is 25.7 Å². The standard InChI is InChI=1S/C14H15ClFNO3/c15-10-5-2-6-11(12(10)16)17-13(18)8-3-1-4-9(7-8)14(19)20/h2,5-6,8-9H,1,3-4,7H2,(H,17,18)(H,19,20). The average Bonchev–Trinajstić information content (AvgIpc) is 2.44. The van der Waals surface area contributed by atoms with Crippen LogP contribution in [0.3, 0.4) is 0 Å². The number of halogens is 2. The summed E-state index contributed by atoms with van der Waals surface area (Å²) in [6, 6.07) is 4.37. The topological polar surface area (TPSA) is 66.4 Å². The second kappa shape index (κ2) is 6.22. The minimum absolute atomic E-state index is 0.0277. The first-order chi connectivity index (χ1) is 9.49. The van der Waals surface area contributed by atoms with Gasteiger partial charge in [0.25, 0.3) is 0 Å². The molecule has 0 aliphatic heterocycles. The molecule has 4 nitrogen and oxygen atoms in total. The van der Waals surface area contributed by atoms with Gasteiger partial charge >= 0.3 is 5.97 Å². The van der Waals surface area contributed by atoms with Gasteiger partial charge in [0.15, 0.2) is 5.82 Å². The van der Waals surface area contributed by atoms with E-state index in [1.807, 2.05) is 0 Å².